The number of halogens is 3. The van der Waals surface area contributed by atoms with E-state index in [2.05, 4.69) is 15.6 Å². The second kappa shape index (κ2) is 10.3. The highest BCUT2D eigenvalue weighted by Gasteiger charge is 2.36. The fraction of sp³-hybridized carbons (Fsp3) is 0.250. The van der Waals surface area contributed by atoms with Crippen LogP contribution >= 0.6 is 11.8 Å². The Balaban J connectivity index is 1.81. The van der Waals surface area contributed by atoms with E-state index in [0.717, 1.165) is 17.8 Å². The number of nitriles is 1. The van der Waals surface area contributed by atoms with Crippen molar-refractivity contribution in [1.29, 1.82) is 5.26 Å². The quantitative estimate of drug-likeness (QED) is 0.403. The van der Waals surface area contributed by atoms with Crippen molar-refractivity contribution in [2.45, 2.75) is 17.7 Å². The summed E-state index contributed by atoms with van der Waals surface area (Å²) in [5.74, 6) is -0.792. The Morgan fingerprint density at radius 3 is 2.75 bits per heavy atom. The largest absolute Gasteiger partial charge is 0.417 e. The Hall–Kier alpha value is -3.43. The van der Waals surface area contributed by atoms with E-state index in [1.165, 1.54) is 18.0 Å². The van der Waals surface area contributed by atoms with Gasteiger partial charge in [0.15, 0.2) is 0 Å². The zero-order valence-electron chi connectivity index (χ0n) is 16.7. The Morgan fingerprint density at radius 2 is 2.09 bits per heavy atom. The summed E-state index contributed by atoms with van der Waals surface area (Å²) < 4.78 is 52.1. The normalized spacial score (nSPS) is 11.2. The van der Waals surface area contributed by atoms with Gasteiger partial charge < -0.3 is 4.74 Å². The Labute approximate surface area is 185 Å². The molecule has 0 aliphatic carbocycles. The van der Waals surface area contributed by atoms with Gasteiger partial charge in [0.1, 0.15) is 17.7 Å². The van der Waals surface area contributed by atoms with Crippen molar-refractivity contribution in [1.82, 2.24) is 10.3 Å². The van der Waals surface area contributed by atoms with Gasteiger partial charge in [-0.1, -0.05) is 42.1 Å². The molecule has 1 N–H and O–H groups in total. The summed E-state index contributed by atoms with van der Waals surface area (Å²) in [6.45, 7) is 0.801. The minimum absolute atomic E-state index is 0.0502. The molecule has 166 valence electrons. The van der Waals surface area contributed by atoms with Crippen LogP contribution in [0.4, 0.5) is 19.1 Å². The van der Waals surface area contributed by atoms with Gasteiger partial charge in [0.2, 0.25) is 17.7 Å². The third-order valence-electron chi connectivity index (χ3n) is 4.11. The molecule has 3 rings (SSSR count). The van der Waals surface area contributed by atoms with Crippen molar-refractivity contribution in [2.24, 2.45) is 0 Å². The van der Waals surface area contributed by atoms with Crippen LogP contribution in [0, 0.1) is 11.3 Å². The van der Waals surface area contributed by atoms with Crippen LogP contribution < -0.4 is 10.00 Å². The smallest absolute Gasteiger partial charge is 0.378 e. The number of hydrogen-bond acceptors (Lipinski definition) is 7. The van der Waals surface area contributed by atoms with Gasteiger partial charge in [-0.05, 0) is 10.7 Å². The number of carbonyl (C=O) groups is 1. The molecule has 0 unspecified atom stereocenters. The first-order valence-electron chi connectivity index (χ1n) is 9.17. The van der Waals surface area contributed by atoms with Gasteiger partial charge in [-0.15, -0.1) is 0 Å². The molecule has 12 heteroatoms. The van der Waals surface area contributed by atoms with Crippen LogP contribution in [0.25, 0.3) is 11.3 Å². The summed E-state index contributed by atoms with van der Waals surface area (Å²) in [7, 11) is 1.53. The number of amides is 1. The molecular weight excluding hydrogens is 447 g/mol. The SMILES string of the molecule is COCC[n+]1cc(NC(=O)CSc2nc(-c3ccccc3)cc(C(F)(F)F)c2C#N)on1. The summed E-state index contributed by atoms with van der Waals surface area (Å²) in [6.07, 6.45) is -3.32. The molecule has 8 nitrogen and oxygen atoms in total. The zero-order valence-corrected chi connectivity index (χ0v) is 17.5. The van der Waals surface area contributed by atoms with E-state index in [-0.39, 0.29) is 22.4 Å². The number of hydrogen-bond donors (Lipinski definition) is 1. The van der Waals surface area contributed by atoms with Crippen molar-refractivity contribution in [3.8, 4) is 17.3 Å². The predicted molar refractivity (Wildman–Crippen MR) is 107 cm³/mol. The zero-order chi connectivity index (χ0) is 23.1. The first kappa shape index (κ1) is 23.2. The Bertz CT molecular complexity index is 1130. The number of ether oxygens (including phenoxy) is 1. The average Bonchev–Trinajstić information content (AvgIpc) is 3.22. The van der Waals surface area contributed by atoms with Gasteiger partial charge in [-0.3, -0.25) is 14.6 Å². The average molecular weight is 464 g/mol. The van der Waals surface area contributed by atoms with Gasteiger partial charge in [0.25, 0.3) is 6.20 Å². The van der Waals surface area contributed by atoms with Crippen molar-refractivity contribution < 1.29 is 31.9 Å². The van der Waals surface area contributed by atoms with Gasteiger partial charge >= 0.3 is 12.1 Å². The molecule has 0 radical (unpaired) electrons. The van der Waals surface area contributed by atoms with Crippen LogP contribution in [0.1, 0.15) is 11.1 Å². The molecule has 0 saturated carbocycles. The number of rotatable bonds is 8. The molecule has 0 bridgehead atoms. The van der Waals surface area contributed by atoms with Crippen molar-refractivity contribution >= 4 is 23.6 Å². The standard InChI is InChI=1S/C20H16F3N5O3S/c1-30-8-7-28-11-18(31-27-28)26-17(29)12-32-19-14(10-24)15(20(21,22)23)9-16(25-19)13-5-3-2-4-6-13/h2-6,9,11H,7-8,12H2,1H3/p+1. The molecule has 0 saturated heterocycles. The number of thioether (sulfide) groups is 1. The maximum atomic E-state index is 13.6. The summed E-state index contributed by atoms with van der Waals surface area (Å²) in [5.41, 5.74) is -1.23. The molecule has 1 amide bonds. The van der Waals surface area contributed by atoms with E-state index < -0.39 is 23.2 Å². The van der Waals surface area contributed by atoms with E-state index in [4.69, 9.17) is 9.26 Å². The highest BCUT2D eigenvalue weighted by Crippen LogP contribution is 2.37. The van der Waals surface area contributed by atoms with Gasteiger partial charge in [-0.2, -0.15) is 18.4 Å². The molecule has 0 spiro atoms. The number of anilines is 1. The second-order valence-electron chi connectivity index (χ2n) is 6.37. The lowest BCUT2D eigenvalue weighted by Gasteiger charge is -2.14. The molecule has 2 heterocycles. The molecular formula is C20H17F3N5O3S+. The molecule has 2 aromatic heterocycles. The number of methoxy groups -OCH3 is 1. The first-order valence-corrected chi connectivity index (χ1v) is 10.2. The van der Waals surface area contributed by atoms with Crippen LogP contribution in [0.5, 0.6) is 0 Å². The van der Waals surface area contributed by atoms with Crippen LogP contribution in [0.3, 0.4) is 0 Å². The Morgan fingerprint density at radius 1 is 1.34 bits per heavy atom. The van der Waals surface area contributed by atoms with E-state index in [1.54, 1.807) is 36.4 Å². The number of nitrogens with one attached hydrogen (secondary N) is 1. The van der Waals surface area contributed by atoms with E-state index >= 15 is 0 Å². The fourth-order valence-electron chi connectivity index (χ4n) is 2.65. The van der Waals surface area contributed by atoms with E-state index in [0.29, 0.717) is 18.7 Å². The third kappa shape index (κ3) is 5.83. The molecule has 0 aliphatic heterocycles. The minimum Gasteiger partial charge on any atom is -0.378 e. The lowest BCUT2D eigenvalue weighted by Crippen LogP contribution is -2.36. The highest BCUT2D eigenvalue weighted by atomic mass is 32.2. The molecule has 1 aromatic carbocycles. The minimum atomic E-state index is -4.76. The summed E-state index contributed by atoms with van der Waals surface area (Å²) >= 11 is 0.724. The molecule has 32 heavy (non-hydrogen) atoms. The number of pyridine rings is 1. The van der Waals surface area contributed by atoms with Crippen molar-refractivity contribution in [2.75, 3.05) is 24.8 Å². The predicted octanol–water partition coefficient (Wildman–Crippen LogP) is 3.29. The van der Waals surface area contributed by atoms with Crippen molar-refractivity contribution in [3.05, 3.63) is 53.7 Å². The van der Waals surface area contributed by atoms with Crippen LogP contribution in [0.15, 0.2) is 52.1 Å². The Kier molecular flexibility index (Phi) is 7.45. The molecule has 0 aliphatic rings. The topological polar surface area (TPSA) is 105 Å². The van der Waals surface area contributed by atoms with Crippen LogP contribution in [0.2, 0.25) is 0 Å². The van der Waals surface area contributed by atoms with Gasteiger partial charge in [-0.25, -0.2) is 4.98 Å². The lowest BCUT2D eigenvalue weighted by atomic mass is 10.1. The third-order valence-corrected chi connectivity index (χ3v) is 5.09. The maximum Gasteiger partial charge on any atom is 0.417 e. The fourth-order valence-corrected chi connectivity index (χ4v) is 3.45. The van der Waals surface area contributed by atoms with Crippen molar-refractivity contribution in [3.63, 3.8) is 0 Å². The highest BCUT2D eigenvalue weighted by molar-refractivity contribution is 8.00. The van der Waals surface area contributed by atoms with E-state index in [1.807, 2.05) is 0 Å². The molecule has 0 atom stereocenters. The van der Waals surface area contributed by atoms with Gasteiger partial charge in [0, 0.05) is 12.7 Å². The molecule has 3 aromatic rings. The summed E-state index contributed by atoms with van der Waals surface area (Å²) in [4.78, 5) is 16.5. The second-order valence-corrected chi connectivity index (χ2v) is 7.33. The monoisotopic (exact) mass is 464 g/mol. The summed E-state index contributed by atoms with van der Waals surface area (Å²) in [5, 5.41) is 15.3. The van der Waals surface area contributed by atoms with E-state index in [9.17, 15) is 23.2 Å². The summed E-state index contributed by atoms with van der Waals surface area (Å²) in [6, 6.07) is 10.7. The maximum absolute atomic E-state index is 13.6. The number of alkyl halides is 3. The molecule has 0 fully saturated rings. The lowest BCUT2D eigenvalue weighted by molar-refractivity contribution is -0.763. The number of carbonyl (C=O) groups excluding carboxylic acids is 1. The first-order chi connectivity index (χ1) is 15.3. The van der Waals surface area contributed by atoms with Crippen LogP contribution in [-0.2, 0) is 22.3 Å². The number of benzene rings is 1. The van der Waals surface area contributed by atoms with Crippen LogP contribution in [-0.4, -0.2) is 35.6 Å². The number of aromatic nitrogens is 3. The number of nitrogens with zero attached hydrogens (tertiary/aromatic N) is 4. The van der Waals surface area contributed by atoms with Gasteiger partial charge in [0.05, 0.1) is 22.6 Å².